The fraction of sp³-hybridized carbons (Fsp3) is 0.125. The molecule has 0 aromatic carbocycles. The molecule has 0 amide bonds. The summed E-state index contributed by atoms with van der Waals surface area (Å²) in [4.78, 5) is 24.5. The van der Waals surface area contributed by atoms with Gasteiger partial charge in [-0.1, -0.05) is 0 Å². The van der Waals surface area contributed by atoms with Gasteiger partial charge in [-0.25, -0.2) is 14.5 Å². The molecular formula is C8H6N4O4S. The average Bonchev–Trinajstić information content (AvgIpc) is 2.82. The number of aryl methyl sites for hydroxylation is 1. The Hall–Kier alpha value is -2.29. The highest BCUT2D eigenvalue weighted by molar-refractivity contribution is 7.17. The number of carboxylic acids is 1. The predicted molar refractivity (Wildman–Crippen MR) is 57.6 cm³/mol. The normalized spacial score (nSPS) is 10.4. The molecule has 17 heavy (non-hydrogen) atoms. The summed E-state index contributed by atoms with van der Waals surface area (Å²) >= 11 is 0.825. The fourth-order valence-electron chi connectivity index (χ4n) is 1.22. The summed E-state index contributed by atoms with van der Waals surface area (Å²) in [5, 5.41) is 23.4. The van der Waals surface area contributed by atoms with Gasteiger partial charge in [-0.3, -0.25) is 10.1 Å². The quantitative estimate of drug-likeness (QED) is 0.651. The van der Waals surface area contributed by atoms with Crippen molar-refractivity contribution < 1.29 is 14.8 Å². The van der Waals surface area contributed by atoms with Gasteiger partial charge in [0.15, 0.2) is 0 Å². The van der Waals surface area contributed by atoms with Crippen molar-refractivity contribution in [2.24, 2.45) is 0 Å². The molecule has 0 atom stereocenters. The minimum Gasteiger partial charge on any atom is -0.478 e. The number of nitro groups is 1. The molecule has 0 bridgehead atoms. The fourth-order valence-corrected chi connectivity index (χ4v) is 1.87. The van der Waals surface area contributed by atoms with Crippen molar-refractivity contribution >= 4 is 22.3 Å². The molecule has 0 spiro atoms. The van der Waals surface area contributed by atoms with E-state index in [2.05, 4.69) is 10.1 Å². The molecule has 8 nitrogen and oxygen atoms in total. The third-order valence-corrected chi connectivity index (χ3v) is 2.93. The summed E-state index contributed by atoms with van der Waals surface area (Å²) in [6.07, 6.45) is 2.39. The topological polar surface area (TPSA) is 111 Å². The molecule has 9 heteroatoms. The summed E-state index contributed by atoms with van der Waals surface area (Å²) in [6.45, 7) is 1.54. The van der Waals surface area contributed by atoms with Crippen LogP contribution in [0.15, 0.2) is 12.4 Å². The number of aromatic nitrogens is 3. The number of carbonyl (C=O) groups is 1. The minimum absolute atomic E-state index is 0.0443. The van der Waals surface area contributed by atoms with Crippen molar-refractivity contribution in [3.63, 3.8) is 0 Å². The van der Waals surface area contributed by atoms with Crippen LogP contribution in [0.2, 0.25) is 0 Å². The van der Waals surface area contributed by atoms with E-state index >= 15 is 0 Å². The molecule has 0 aliphatic heterocycles. The molecule has 2 aromatic heterocycles. The maximum absolute atomic E-state index is 10.8. The van der Waals surface area contributed by atoms with Gasteiger partial charge in [0.25, 0.3) is 0 Å². The first-order chi connectivity index (χ1) is 7.99. The van der Waals surface area contributed by atoms with E-state index in [-0.39, 0.29) is 15.7 Å². The van der Waals surface area contributed by atoms with Gasteiger partial charge >= 0.3 is 11.0 Å². The second kappa shape index (κ2) is 3.94. The Morgan fingerprint density at radius 3 is 2.82 bits per heavy atom. The van der Waals surface area contributed by atoms with E-state index in [0.717, 1.165) is 17.5 Å². The number of nitrogens with zero attached hydrogens (tertiary/aromatic N) is 4. The lowest BCUT2D eigenvalue weighted by atomic mass is 10.3. The second-order valence-electron chi connectivity index (χ2n) is 3.12. The largest absolute Gasteiger partial charge is 0.478 e. The van der Waals surface area contributed by atoms with Crippen LogP contribution < -0.4 is 0 Å². The van der Waals surface area contributed by atoms with E-state index in [1.807, 2.05) is 0 Å². The Bertz CT molecular complexity index is 602. The summed E-state index contributed by atoms with van der Waals surface area (Å²) in [5.74, 6) is -1.10. The van der Waals surface area contributed by atoms with E-state index in [0.29, 0.717) is 5.69 Å². The van der Waals surface area contributed by atoms with Crippen molar-refractivity contribution in [2.75, 3.05) is 0 Å². The van der Waals surface area contributed by atoms with Crippen molar-refractivity contribution in [3.05, 3.63) is 33.8 Å². The first-order valence-corrected chi connectivity index (χ1v) is 5.21. The van der Waals surface area contributed by atoms with E-state index in [9.17, 15) is 14.9 Å². The van der Waals surface area contributed by atoms with Gasteiger partial charge in [0, 0.05) is 6.20 Å². The summed E-state index contributed by atoms with van der Waals surface area (Å²) in [7, 11) is 0. The van der Waals surface area contributed by atoms with E-state index in [1.165, 1.54) is 10.9 Å². The zero-order valence-electron chi connectivity index (χ0n) is 8.52. The van der Waals surface area contributed by atoms with Crippen LogP contribution in [0.1, 0.15) is 16.1 Å². The lowest BCUT2D eigenvalue weighted by Gasteiger charge is -1.90. The molecule has 2 heterocycles. The predicted octanol–water partition coefficient (Wildman–Crippen LogP) is 1.24. The Balaban J connectivity index is 2.42. The number of carboxylic acid groups (broad SMARTS) is 1. The highest BCUT2D eigenvalue weighted by Crippen LogP contribution is 2.24. The third-order valence-electron chi connectivity index (χ3n) is 1.99. The smallest absolute Gasteiger partial charge is 0.345 e. The number of aromatic carboxylic acids is 1. The molecule has 0 saturated heterocycles. The molecule has 0 aliphatic rings. The highest BCUT2D eigenvalue weighted by atomic mass is 32.1. The molecule has 0 aliphatic carbocycles. The highest BCUT2D eigenvalue weighted by Gasteiger charge is 2.17. The van der Waals surface area contributed by atoms with Crippen LogP contribution in [-0.4, -0.2) is 30.8 Å². The van der Waals surface area contributed by atoms with E-state index in [1.54, 1.807) is 6.92 Å². The number of hydrogen-bond acceptors (Lipinski definition) is 6. The Morgan fingerprint density at radius 2 is 2.35 bits per heavy atom. The zero-order chi connectivity index (χ0) is 12.6. The van der Waals surface area contributed by atoms with Gasteiger partial charge < -0.3 is 5.11 Å². The molecule has 88 valence electrons. The first kappa shape index (κ1) is 11.2. The number of rotatable bonds is 3. The van der Waals surface area contributed by atoms with Crippen LogP contribution in [0.5, 0.6) is 0 Å². The Morgan fingerprint density at radius 1 is 1.65 bits per heavy atom. The molecule has 0 unspecified atom stereocenters. The number of hydrogen-bond donors (Lipinski definition) is 1. The van der Waals surface area contributed by atoms with Gasteiger partial charge in [0.1, 0.15) is 11.8 Å². The molecule has 0 radical (unpaired) electrons. The average molecular weight is 254 g/mol. The number of thiazole rings is 1. The Kier molecular flexibility index (Phi) is 2.60. The maximum Gasteiger partial charge on any atom is 0.345 e. The minimum atomic E-state index is -1.10. The summed E-state index contributed by atoms with van der Waals surface area (Å²) in [5.41, 5.74) is 0.373. The van der Waals surface area contributed by atoms with Crippen LogP contribution >= 0.6 is 11.3 Å². The molecular weight excluding hydrogens is 248 g/mol. The van der Waals surface area contributed by atoms with Gasteiger partial charge in [-0.2, -0.15) is 5.10 Å². The molecule has 2 rings (SSSR count). The van der Waals surface area contributed by atoms with Crippen LogP contribution in [-0.2, 0) is 0 Å². The van der Waals surface area contributed by atoms with E-state index in [4.69, 9.17) is 5.11 Å². The van der Waals surface area contributed by atoms with E-state index < -0.39 is 10.9 Å². The van der Waals surface area contributed by atoms with Gasteiger partial charge in [0.2, 0.25) is 5.13 Å². The van der Waals surface area contributed by atoms with Crippen molar-refractivity contribution in [2.45, 2.75) is 6.92 Å². The molecule has 2 aromatic rings. The lowest BCUT2D eigenvalue weighted by molar-refractivity contribution is -0.380. The standard InChI is InChI=1S/C8H6N4O4S/c1-4-5(7(13)14)3-11(10-4)8-9-2-6(17-8)12(15)16/h2-3H,1H3,(H,13,14). The van der Waals surface area contributed by atoms with Crippen LogP contribution in [0.3, 0.4) is 0 Å². The zero-order valence-corrected chi connectivity index (χ0v) is 9.34. The summed E-state index contributed by atoms with van der Waals surface area (Å²) in [6, 6.07) is 0. The molecule has 0 fully saturated rings. The lowest BCUT2D eigenvalue weighted by Crippen LogP contribution is -1.95. The first-order valence-electron chi connectivity index (χ1n) is 4.39. The maximum atomic E-state index is 10.8. The molecule has 0 saturated carbocycles. The monoisotopic (exact) mass is 254 g/mol. The van der Waals surface area contributed by atoms with Crippen molar-refractivity contribution in [3.8, 4) is 5.13 Å². The Labute approximate surface area is 98.3 Å². The van der Waals surface area contributed by atoms with Crippen molar-refractivity contribution in [1.29, 1.82) is 0 Å². The van der Waals surface area contributed by atoms with Crippen molar-refractivity contribution in [1.82, 2.24) is 14.8 Å². The second-order valence-corrected chi connectivity index (χ2v) is 4.10. The van der Waals surface area contributed by atoms with Crippen LogP contribution in [0, 0.1) is 17.0 Å². The molecule has 1 N–H and O–H groups in total. The SMILES string of the molecule is Cc1nn(-c2ncc([N+](=O)[O-])s2)cc1C(=O)O. The third kappa shape index (κ3) is 1.99. The van der Waals surface area contributed by atoms with Gasteiger partial charge in [-0.15, -0.1) is 0 Å². The van der Waals surface area contributed by atoms with Crippen LogP contribution in [0.25, 0.3) is 5.13 Å². The van der Waals surface area contributed by atoms with Gasteiger partial charge in [-0.05, 0) is 18.3 Å². The van der Waals surface area contributed by atoms with Gasteiger partial charge in [0.05, 0.1) is 10.6 Å². The summed E-state index contributed by atoms with van der Waals surface area (Å²) < 4.78 is 1.22. The van der Waals surface area contributed by atoms with Crippen LogP contribution in [0.4, 0.5) is 5.00 Å².